The van der Waals surface area contributed by atoms with Gasteiger partial charge in [-0.1, -0.05) is 0 Å². The van der Waals surface area contributed by atoms with Crippen LogP contribution in [0.4, 0.5) is 0 Å². The van der Waals surface area contributed by atoms with Crippen LogP contribution >= 0.6 is 0 Å². The Bertz CT molecular complexity index is 96.3. The zero-order valence-corrected chi connectivity index (χ0v) is 3.55. The molecule has 5 heteroatoms. The highest BCUT2D eigenvalue weighted by molar-refractivity contribution is 5.55. The topological polar surface area (TPSA) is 72.6 Å². The number of rotatable bonds is 1. The number of hydrazine groups is 1. The molecule has 1 aliphatic rings. The maximum absolute atomic E-state index is 6.41. The van der Waals surface area contributed by atoms with Gasteiger partial charge in [-0.2, -0.15) is 10.5 Å². The predicted octanol–water partition coefficient (Wildman–Crippen LogP) is -0.563. The summed E-state index contributed by atoms with van der Waals surface area (Å²) in [6.45, 7) is 0. The first-order valence-electron chi connectivity index (χ1n) is 1.83. The van der Waals surface area contributed by atoms with Crippen LogP contribution in [0.3, 0.4) is 0 Å². The van der Waals surface area contributed by atoms with E-state index < -0.39 is 6.29 Å². The third-order valence-corrected chi connectivity index (χ3v) is 0.615. The summed E-state index contributed by atoms with van der Waals surface area (Å²) in [4.78, 5) is 3.65. The van der Waals surface area contributed by atoms with Crippen molar-refractivity contribution >= 4 is 6.34 Å². The molecule has 1 atom stereocenters. The second kappa shape index (κ2) is 1.65. The Morgan fingerprint density at radius 1 is 1.86 bits per heavy atom. The Morgan fingerprint density at radius 3 is 3.00 bits per heavy atom. The van der Waals surface area contributed by atoms with Crippen molar-refractivity contribution < 1.29 is 0 Å². The molecule has 7 heavy (non-hydrogen) atoms. The molecule has 0 saturated heterocycles. The fourth-order valence-corrected chi connectivity index (χ4v) is 0.323. The van der Waals surface area contributed by atoms with Crippen molar-refractivity contribution in [3.05, 3.63) is 0 Å². The van der Waals surface area contributed by atoms with E-state index in [2.05, 4.69) is 21.0 Å². The lowest BCUT2D eigenvalue weighted by Gasteiger charge is -1.93. The van der Waals surface area contributed by atoms with E-state index in [0.29, 0.717) is 0 Å². The van der Waals surface area contributed by atoms with Gasteiger partial charge in [0.2, 0.25) is 6.29 Å². The molecule has 0 aliphatic carbocycles. The third kappa shape index (κ3) is 0.716. The van der Waals surface area contributed by atoms with Crippen molar-refractivity contribution in [1.29, 1.82) is 5.53 Å². The van der Waals surface area contributed by atoms with Gasteiger partial charge in [0.1, 0.15) is 6.34 Å². The summed E-state index contributed by atoms with van der Waals surface area (Å²) in [7, 11) is 0. The first-order valence-corrected chi connectivity index (χ1v) is 1.83. The standard InChI is InChI=1S/C2H5N5/c3-6-2-4-1-5-7-2/h1-3,7H,(H,4,5). The zero-order valence-electron chi connectivity index (χ0n) is 3.55. The summed E-state index contributed by atoms with van der Waals surface area (Å²) in [5, 5.41) is 3.07. The highest BCUT2D eigenvalue weighted by atomic mass is 15.5. The average molecular weight is 99.1 g/mol. The van der Waals surface area contributed by atoms with E-state index in [1.54, 1.807) is 0 Å². The van der Waals surface area contributed by atoms with Crippen molar-refractivity contribution in [1.82, 2.24) is 10.9 Å². The lowest BCUT2D eigenvalue weighted by molar-refractivity contribution is 0.538. The van der Waals surface area contributed by atoms with Crippen molar-refractivity contribution in [3.8, 4) is 0 Å². The van der Waals surface area contributed by atoms with Crippen LogP contribution < -0.4 is 10.9 Å². The Kier molecular flexibility index (Phi) is 0.991. The summed E-state index contributed by atoms with van der Waals surface area (Å²) in [6, 6.07) is 0. The lowest BCUT2D eigenvalue weighted by Crippen LogP contribution is -2.29. The third-order valence-electron chi connectivity index (χ3n) is 0.615. The Labute approximate surface area is 40.3 Å². The molecule has 5 nitrogen and oxygen atoms in total. The van der Waals surface area contributed by atoms with Crippen LogP contribution in [0.2, 0.25) is 0 Å². The molecule has 0 amide bonds. The largest absolute Gasteiger partial charge is 0.309 e. The van der Waals surface area contributed by atoms with Crippen molar-refractivity contribution in [3.63, 3.8) is 0 Å². The second-order valence-corrected chi connectivity index (χ2v) is 1.07. The highest BCUT2D eigenvalue weighted by Gasteiger charge is 2.02. The molecule has 0 aromatic carbocycles. The number of hydrogen-bond acceptors (Lipinski definition) is 5. The minimum absolute atomic E-state index is 0.403. The van der Waals surface area contributed by atoms with Crippen LogP contribution in [0, 0.1) is 5.53 Å². The SMILES string of the molecule is N=NC1N=CNN1. The Morgan fingerprint density at radius 2 is 2.71 bits per heavy atom. The summed E-state index contributed by atoms with van der Waals surface area (Å²) >= 11 is 0. The summed E-state index contributed by atoms with van der Waals surface area (Å²) in [5.41, 5.74) is 11.6. The minimum Gasteiger partial charge on any atom is -0.309 e. The van der Waals surface area contributed by atoms with E-state index in [9.17, 15) is 0 Å². The normalized spacial score (nSPS) is 27.1. The van der Waals surface area contributed by atoms with E-state index in [1.165, 1.54) is 6.34 Å². The van der Waals surface area contributed by atoms with E-state index in [0.717, 1.165) is 0 Å². The number of hydrogen-bond donors (Lipinski definition) is 3. The quantitative estimate of drug-likeness (QED) is 0.385. The Hall–Kier alpha value is -0.970. The van der Waals surface area contributed by atoms with Crippen LogP contribution in [0.5, 0.6) is 0 Å². The smallest absolute Gasteiger partial charge is 0.230 e. The predicted molar refractivity (Wildman–Crippen MR) is 23.7 cm³/mol. The molecule has 0 aromatic heterocycles. The van der Waals surface area contributed by atoms with Crippen LogP contribution in [-0.4, -0.2) is 12.6 Å². The molecule has 0 fully saturated rings. The van der Waals surface area contributed by atoms with E-state index in [4.69, 9.17) is 5.53 Å². The molecule has 0 aromatic rings. The molecule has 1 heterocycles. The average Bonchev–Trinajstić information content (AvgIpc) is 2.14. The number of nitrogens with one attached hydrogen (secondary N) is 3. The van der Waals surface area contributed by atoms with Gasteiger partial charge < -0.3 is 5.43 Å². The first kappa shape index (κ1) is 4.20. The lowest BCUT2D eigenvalue weighted by atomic mass is 10.9. The molecule has 0 bridgehead atoms. The van der Waals surface area contributed by atoms with E-state index >= 15 is 0 Å². The molecule has 3 N–H and O–H groups in total. The molecule has 1 unspecified atom stereocenters. The molecular weight excluding hydrogens is 94.1 g/mol. The van der Waals surface area contributed by atoms with Gasteiger partial charge in [0.25, 0.3) is 0 Å². The fraction of sp³-hybridized carbons (Fsp3) is 0.500. The maximum atomic E-state index is 6.41. The maximum Gasteiger partial charge on any atom is 0.230 e. The zero-order chi connectivity index (χ0) is 5.11. The van der Waals surface area contributed by atoms with Crippen LogP contribution in [0.15, 0.2) is 10.1 Å². The van der Waals surface area contributed by atoms with E-state index in [-0.39, 0.29) is 0 Å². The molecule has 38 valence electrons. The van der Waals surface area contributed by atoms with Gasteiger partial charge in [-0.15, -0.1) is 0 Å². The van der Waals surface area contributed by atoms with Crippen LogP contribution in [0.25, 0.3) is 0 Å². The Balaban J connectivity index is 2.42. The van der Waals surface area contributed by atoms with Gasteiger partial charge in [0.05, 0.1) is 0 Å². The van der Waals surface area contributed by atoms with Gasteiger partial charge in [-0.05, 0) is 0 Å². The van der Waals surface area contributed by atoms with Gasteiger partial charge in [0, 0.05) is 0 Å². The molecule has 0 spiro atoms. The monoisotopic (exact) mass is 99.1 g/mol. The fourth-order valence-electron chi connectivity index (χ4n) is 0.323. The minimum atomic E-state index is -0.403. The van der Waals surface area contributed by atoms with Crippen molar-refractivity contribution in [2.75, 3.05) is 0 Å². The van der Waals surface area contributed by atoms with Gasteiger partial charge in [-0.3, -0.25) is 0 Å². The van der Waals surface area contributed by atoms with E-state index in [1.807, 2.05) is 0 Å². The molecule has 0 saturated carbocycles. The van der Waals surface area contributed by atoms with Crippen molar-refractivity contribution in [2.24, 2.45) is 10.1 Å². The van der Waals surface area contributed by atoms with Gasteiger partial charge >= 0.3 is 0 Å². The molecule has 1 aliphatic heterocycles. The summed E-state index contributed by atoms with van der Waals surface area (Å²) in [6.07, 6.45) is 1.06. The van der Waals surface area contributed by atoms with Crippen LogP contribution in [0.1, 0.15) is 0 Å². The van der Waals surface area contributed by atoms with Crippen LogP contribution in [-0.2, 0) is 0 Å². The molecular formula is C2H5N5. The van der Waals surface area contributed by atoms with Gasteiger partial charge in [0.15, 0.2) is 0 Å². The summed E-state index contributed by atoms with van der Waals surface area (Å²) < 4.78 is 0. The first-order chi connectivity index (χ1) is 3.43. The summed E-state index contributed by atoms with van der Waals surface area (Å²) in [5.74, 6) is 0. The number of aliphatic imine (C=N–C) groups is 1. The molecule has 1 rings (SSSR count). The highest BCUT2D eigenvalue weighted by Crippen LogP contribution is 1.85. The second-order valence-electron chi connectivity index (χ2n) is 1.07. The van der Waals surface area contributed by atoms with Crippen molar-refractivity contribution in [2.45, 2.75) is 6.29 Å². The van der Waals surface area contributed by atoms with Gasteiger partial charge in [-0.25, -0.2) is 10.5 Å². The molecule has 0 radical (unpaired) electrons. The number of nitrogens with zero attached hydrogens (tertiary/aromatic N) is 2.